The third-order valence-electron chi connectivity index (χ3n) is 5.18. The van der Waals surface area contributed by atoms with Gasteiger partial charge < -0.3 is 10.1 Å². The van der Waals surface area contributed by atoms with Crippen LogP contribution in [0.5, 0.6) is 5.75 Å². The number of ether oxygens (including phenoxy) is 1. The van der Waals surface area contributed by atoms with Gasteiger partial charge in [-0.2, -0.15) is 0 Å². The Balaban J connectivity index is 1.60. The van der Waals surface area contributed by atoms with E-state index in [4.69, 9.17) is 28.6 Å². The number of nitrogens with one attached hydrogen (secondary N) is 2. The van der Waals surface area contributed by atoms with Crippen LogP contribution in [0.1, 0.15) is 16.8 Å². The van der Waals surface area contributed by atoms with Crippen LogP contribution in [0, 0.1) is 0 Å². The molecule has 1 saturated heterocycles. The van der Waals surface area contributed by atoms with Crippen LogP contribution in [0.4, 0.5) is 11.4 Å². The van der Waals surface area contributed by atoms with Gasteiger partial charge in [0, 0.05) is 23.1 Å². The Morgan fingerprint density at radius 1 is 1.14 bits per heavy atom. The Bertz CT molecular complexity index is 1270. The molecule has 1 aliphatic heterocycles. The summed E-state index contributed by atoms with van der Waals surface area (Å²) < 4.78 is 5.18. The van der Waals surface area contributed by atoms with Crippen molar-refractivity contribution in [2.24, 2.45) is 0 Å². The fourth-order valence-corrected chi connectivity index (χ4v) is 4.05. The molecule has 3 aromatic rings. The van der Waals surface area contributed by atoms with Crippen LogP contribution < -0.4 is 20.4 Å². The number of carbonyl (C=O) groups excluding carboxylic acids is 3. The third-order valence-corrected chi connectivity index (χ3v) is 5.79. The number of methoxy groups -OCH3 is 1. The van der Waals surface area contributed by atoms with Crippen LogP contribution in [0.15, 0.2) is 73.1 Å². The molecule has 3 amide bonds. The van der Waals surface area contributed by atoms with Gasteiger partial charge in [0.15, 0.2) is 0 Å². The molecule has 1 aromatic heterocycles. The SMILES string of the molecule is COc1ccc(N2C(=O)C(CC(=O)Nc3cccc(Cl)c3)N(NC(=O)c3cccnc3)C2=S)cc1. The lowest BCUT2D eigenvalue weighted by atomic mass is 10.1. The summed E-state index contributed by atoms with van der Waals surface area (Å²) in [5.74, 6) is -0.839. The van der Waals surface area contributed by atoms with Crippen LogP contribution in [-0.4, -0.2) is 46.0 Å². The van der Waals surface area contributed by atoms with Crippen LogP contribution in [0.3, 0.4) is 0 Å². The summed E-state index contributed by atoms with van der Waals surface area (Å²) >= 11 is 11.5. The van der Waals surface area contributed by atoms with Gasteiger partial charge in [0.25, 0.3) is 11.8 Å². The second kappa shape index (κ2) is 10.5. The molecule has 35 heavy (non-hydrogen) atoms. The molecule has 2 heterocycles. The minimum absolute atomic E-state index is 0.0259. The molecule has 2 aromatic carbocycles. The van der Waals surface area contributed by atoms with Crippen LogP contribution in [0.25, 0.3) is 0 Å². The summed E-state index contributed by atoms with van der Waals surface area (Å²) in [6, 6.07) is 15.4. The topological polar surface area (TPSA) is 104 Å². The Morgan fingerprint density at radius 3 is 2.57 bits per heavy atom. The number of rotatable bonds is 7. The van der Waals surface area contributed by atoms with Gasteiger partial charge in [-0.05, 0) is 66.8 Å². The first-order valence-corrected chi connectivity index (χ1v) is 11.2. The molecule has 1 unspecified atom stereocenters. The van der Waals surface area contributed by atoms with Crippen molar-refractivity contribution >= 4 is 58.0 Å². The minimum atomic E-state index is -1.08. The number of pyridine rings is 1. The second-order valence-corrected chi connectivity index (χ2v) is 8.29. The Morgan fingerprint density at radius 2 is 1.91 bits per heavy atom. The number of halogens is 1. The number of amides is 3. The van der Waals surface area contributed by atoms with Crippen molar-refractivity contribution in [1.29, 1.82) is 0 Å². The number of benzene rings is 2. The number of hydrogen-bond acceptors (Lipinski definition) is 6. The summed E-state index contributed by atoms with van der Waals surface area (Å²) in [7, 11) is 1.53. The van der Waals surface area contributed by atoms with Crippen LogP contribution in [0.2, 0.25) is 5.02 Å². The number of nitrogens with zero attached hydrogens (tertiary/aromatic N) is 3. The average Bonchev–Trinajstić information content (AvgIpc) is 3.08. The van der Waals surface area contributed by atoms with E-state index in [0.29, 0.717) is 22.1 Å². The predicted molar refractivity (Wildman–Crippen MR) is 135 cm³/mol. The number of aromatic nitrogens is 1. The normalized spacial score (nSPS) is 15.2. The van der Waals surface area contributed by atoms with E-state index < -0.39 is 23.8 Å². The van der Waals surface area contributed by atoms with Crippen molar-refractivity contribution in [2.45, 2.75) is 12.5 Å². The van der Waals surface area contributed by atoms with E-state index in [9.17, 15) is 14.4 Å². The molecular formula is C24H20ClN5O4S. The smallest absolute Gasteiger partial charge is 0.271 e. The molecule has 4 rings (SSSR count). The van der Waals surface area contributed by atoms with Crippen LogP contribution >= 0.6 is 23.8 Å². The maximum Gasteiger partial charge on any atom is 0.271 e. The van der Waals surface area contributed by atoms with E-state index in [-0.39, 0.29) is 17.1 Å². The van der Waals surface area contributed by atoms with E-state index in [1.807, 2.05) is 0 Å². The zero-order chi connectivity index (χ0) is 24.9. The average molecular weight is 510 g/mol. The van der Waals surface area contributed by atoms with Crippen molar-refractivity contribution in [1.82, 2.24) is 15.4 Å². The molecule has 0 spiro atoms. The molecular weight excluding hydrogens is 490 g/mol. The lowest BCUT2D eigenvalue weighted by Gasteiger charge is -2.24. The first-order valence-electron chi connectivity index (χ1n) is 10.4. The minimum Gasteiger partial charge on any atom is -0.497 e. The summed E-state index contributed by atoms with van der Waals surface area (Å²) in [4.78, 5) is 44.3. The van der Waals surface area contributed by atoms with Crippen molar-refractivity contribution < 1.29 is 19.1 Å². The number of hydrogen-bond donors (Lipinski definition) is 2. The molecule has 1 fully saturated rings. The van der Waals surface area contributed by atoms with Crippen molar-refractivity contribution in [3.05, 3.63) is 83.6 Å². The predicted octanol–water partition coefficient (Wildman–Crippen LogP) is 3.42. The van der Waals surface area contributed by atoms with E-state index in [0.717, 1.165) is 0 Å². The highest BCUT2D eigenvalue weighted by molar-refractivity contribution is 7.80. The maximum absolute atomic E-state index is 13.4. The quantitative estimate of drug-likeness (QED) is 0.470. The highest BCUT2D eigenvalue weighted by atomic mass is 35.5. The lowest BCUT2D eigenvalue weighted by Crippen LogP contribution is -2.49. The van der Waals surface area contributed by atoms with E-state index in [1.54, 1.807) is 60.7 Å². The summed E-state index contributed by atoms with van der Waals surface area (Å²) in [5.41, 5.74) is 3.87. The van der Waals surface area contributed by atoms with Crippen molar-refractivity contribution in [3.8, 4) is 5.75 Å². The molecule has 178 valence electrons. The summed E-state index contributed by atoms with van der Waals surface area (Å²) in [6.07, 6.45) is 2.65. The standard InChI is InChI=1S/C24H20ClN5O4S/c1-34-19-9-7-18(8-10-19)29-23(33)20(13-21(31)27-17-6-2-5-16(25)12-17)30(24(29)35)28-22(32)15-4-3-11-26-14-15/h2-12,14,20H,13H2,1H3,(H,27,31)(H,28,32). The molecule has 0 radical (unpaired) electrons. The number of hydrazine groups is 1. The lowest BCUT2D eigenvalue weighted by molar-refractivity contribution is -0.124. The monoisotopic (exact) mass is 509 g/mol. The van der Waals surface area contributed by atoms with E-state index >= 15 is 0 Å². The highest BCUT2D eigenvalue weighted by Crippen LogP contribution is 2.28. The molecule has 0 aliphatic carbocycles. The van der Waals surface area contributed by atoms with Crippen LogP contribution in [-0.2, 0) is 9.59 Å². The first kappa shape index (κ1) is 24.1. The van der Waals surface area contributed by atoms with E-state index in [2.05, 4.69) is 15.7 Å². The Kier molecular flexibility index (Phi) is 7.23. The van der Waals surface area contributed by atoms with Gasteiger partial charge in [-0.15, -0.1) is 0 Å². The fraction of sp³-hybridized carbons (Fsp3) is 0.125. The van der Waals surface area contributed by atoms with Gasteiger partial charge in [-0.1, -0.05) is 17.7 Å². The van der Waals surface area contributed by atoms with Gasteiger partial charge in [0.1, 0.15) is 11.8 Å². The molecule has 0 saturated carbocycles. The summed E-state index contributed by atoms with van der Waals surface area (Å²) in [5, 5.41) is 4.43. The number of anilines is 2. The van der Waals surface area contributed by atoms with E-state index in [1.165, 1.54) is 29.4 Å². The zero-order valence-electron chi connectivity index (χ0n) is 18.5. The zero-order valence-corrected chi connectivity index (χ0v) is 20.0. The number of carbonyl (C=O) groups is 3. The van der Waals surface area contributed by atoms with Gasteiger partial charge in [-0.3, -0.25) is 29.7 Å². The Labute approximate surface area is 211 Å². The summed E-state index contributed by atoms with van der Waals surface area (Å²) in [6.45, 7) is 0. The molecule has 1 aliphatic rings. The van der Waals surface area contributed by atoms with Gasteiger partial charge >= 0.3 is 0 Å². The first-order chi connectivity index (χ1) is 16.9. The molecule has 9 nitrogen and oxygen atoms in total. The fourth-order valence-electron chi connectivity index (χ4n) is 3.49. The molecule has 11 heteroatoms. The Hall–Kier alpha value is -4.02. The third kappa shape index (κ3) is 5.39. The molecule has 1 atom stereocenters. The number of thiocarbonyl (C=S) groups is 1. The van der Waals surface area contributed by atoms with Gasteiger partial charge in [0.05, 0.1) is 24.8 Å². The second-order valence-electron chi connectivity index (χ2n) is 7.49. The largest absolute Gasteiger partial charge is 0.497 e. The van der Waals surface area contributed by atoms with Gasteiger partial charge in [0.2, 0.25) is 11.0 Å². The van der Waals surface area contributed by atoms with Gasteiger partial charge in [-0.25, -0.2) is 5.01 Å². The van der Waals surface area contributed by atoms with Crippen molar-refractivity contribution in [2.75, 3.05) is 17.3 Å². The maximum atomic E-state index is 13.4. The molecule has 0 bridgehead atoms. The molecule has 2 N–H and O–H groups in total. The van der Waals surface area contributed by atoms with Crippen molar-refractivity contribution in [3.63, 3.8) is 0 Å². The highest BCUT2D eigenvalue weighted by Gasteiger charge is 2.45.